The fraction of sp³-hybridized carbons (Fsp3) is 0.235. The lowest BCUT2D eigenvalue weighted by atomic mass is 9.93. The highest BCUT2D eigenvalue weighted by atomic mass is 19.1. The summed E-state index contributed by atoms with van der Waals surface area (Å²) in [6, 6.07) is 10.2. The highest BCUT2D eigenvalue weighted by Crippen LogP contribution is 2.36. The molecule has 0 radical (unpaired) electrons. The van der Waals surface area contributed by atoms with Crippen molar-refractivity contribution in [1.29, 1.82) is 0 Å². The maximum absolute atomic E-state index is 13.2. The summed E-state index contributed by atoms with van der Waals surface area (Å²) in [5, 5.41) is 0. The summed E-state index contributed by atoms with van der Waals surface area (Å²) in [7, 11) is 0. The normalized spacial score (nSPS) is 17.6. The van der Waals surface area contributed by atoms with E-state index in [0.717, 1.165) is 16.7 Å². The van der Waals surface area contributed by atoms with Crippen LogP contribution in [0.15, 0.2) is 36.4 Å². The topological polar surface area (TPSA) is 26.3 Å². The van der Waals surface area contributed by atoms with E-state index in [1.54, 1.807) is 6.07 Å². The number of halogens is 1. The van der Waals surface area contributed by atoms with Gasteiger partial charge < -0.3 is 4.74 Å². The van der Waals surface area contributed by atoms with Crippen molar-refractivity contribution in [2.24, 2.45) is 0 Å². The molecule has 2 aromatic rings. The van der Waals surface area contributed by atoms with Crippen molar-refractivity contribution in [3.63, 3.8) is 0 Å². The van der Waals surface area contributed by atoms with Crippen molar-refractivity contribution in [1.82, 2.24) is 0 Å². The third-order valence-corrected chi connectivity index (χ3v) is 3.65. The van der Waals surface area contributed by atoms with Gasteiger partial charge in [-0.05, 0) is 49.2 Å². The maximum atomic E-state index is 13.2. The van der Waals surface area contributed by atoms with E-state index in [1.165, 1.54) is 12.1 Å². The van der Waals surface area contributed by atoms with Crippen LogP contribution in [0.4, 0.5) is 4.39 Å². The Kier molecular flexibility index (Phi) is 3.05. The van der Waals surface area contributed by atoms with Gasteiger partial charge in [-0.1, -0.05) is 17.7 Å². The highest BCUT2D eigenvalue weighted by Gasteiger charge is 2.28. The third-order valence-electron chi connectivity index (χ3n) is 3.65. The summed E-state index contributed by atoms with van der Waals surface area (Å²) >= 11 is 0. The summed E-state index contributed by atoms with van der Waals surface area (Å²) in [6.07, 6.45) is -0.0403. The lowest BCUT2D eigenvalue weighted by Crippen LogP contribution is -2.21. The van der Waals surface area contributed by atoms with Gasteiger partial charge in [-0.2, -0.15) is 0 Å². The number of aryl methyl sites for hydroxylation is 2. The number of carbonyl (C=O) groups is 1. The number of ether oxygens (including phenoxy) is 1. The fourth-order valence-corrected chi connectivity index (χ4v) is 2.61. The van der Waals surface area contributed by atoms with Gasteiger partial charge in [-0.25, -0.2) is 4.39 Å². The van der Waals surface area contributed by atoms with Crippen molar-refractivity contribution in [2.75, 3.05) is 0 Å². The van der Waals surface area contributed by atoms with Gasteiger partial charge in [0.25, 0.3) is 0 Å². The van der Waals surface area contributed by atoms with Gasteiger partial charge in [-0.15, -0.1) is 0 Å². The summed E-state index contributed by atoms with van der Waals surface area (Å²) in [5.41, 5.74) is 3.35. The van der Waals surface area contributed by atoms with E-state index >= 15 is 0 Å². The second kappa shape index (κ2) is 4.75. The Bertz CT molecular complexity index is 691. The zero-order valence-electron chi connectivity index (χ0n) is 11.4. The fourth-order valence-electron chi connectivity index (χ4n) is 2.61. The van der Waals surface area contributed by atoms with Crippen LogP contribution in [0.3, 0.4) is 0 Å². The molecule has 2 nitrogen and oxygen atoms in total. The lowest BCUT2D eigenvalue weighted by Gasteiger charge is -2.26. The molecular weight excluding hydrogens is 255 g/mol. The zero-order chi connectivity index (χ0) is 14.3. The molecule has 20 heavy (non-hydrogen) atoms. The van der Waals surface area contributed by atoms with Crippen molar-refractivity contribution in [3.05, 3.63) is 64.5 Å². The molecule has 0 bridgehead atoms. The Morgan fingerprint density at radius 2 is 1.95 bits per heavy atom. The highest BCUT2D eigenvalue weighted by molar-refractivity contribution is 6.00. The van der Waals surface area contributed by atoms with Gasteiger partial charge in [0.05, 0.1) is 12.0 Å². The van der Waals surface area contributed by atoms with Crippen molar-refractivity contribution < 1.29 is 13.9 Å². The van der Waals surface area contributed by atoms with Gasteiger partial charge in [0, 0.05) is 0 Å². The van der Waals surface area contributed by atoms with Crippen LogP contribution in [0.5, 0.6) is 5.75 Å². The Balaban J connectivity index is 1.99. The Morgan fingerprint density at radius 1 is 1.15 bits per heavy atom. The zero-order valence-corrected chi connectivity index (χ0v) is 11.4. The molecule has 0 saturated heterocycles. The summed E-state index contributed by atoms with van der Waals surface area (Å²) in [6.45, 7) is 3.78. The number of hydrogen-bond donors (Lipinski definition) is 0. The van der Waals surface area contributed by atoms with Gasteiger partial charge in [0.1, 0.15) is 17.7 Å². The number of fused-ring (bicyclic) bond motifs is 1. The van der Waals surface area contributed by atoms with E-state index in [1.807, 2.05) is 32.0 Å². The van der Waals surface area contributed by atoms with Gasteiger partial charge >= 0.3 is 0 Å². The third kappa shape index (κ3) is 2.20. The Hall–Kier alpha value is -2.16. The molecule has 0 amide bonds. The van der Waals surface area contributed by atoms with Crippen LogP contribution in [-0.2, 0) is 0 Å². The Morgan fingerprint density at radius 3 is 2.70 bits per heavy atom. The predicted molar refractivity (Wildman–Crippen MR) is 74.6 cm³/mol. The minimum absolute atomic E-state index is 0.0728. The van der Waals surface area contributed by atoms with Gasteiger partial charge in [0.15, 0.2) is 5.78 Å². The predicted octanol–water partition coefficient (Wildman–Crippen LogP) is 4.15. The van der Waals surface area contributed by atoms with Gasteiger partial charge in [-0.3, -0.25) is 4.79 Å². The first kappa shape index (κ1) is 12.9. The summed E-state index contributed by atoms with van der Waals surface area (Å²) in [4.78, 5) is 12.2. The molecule has 0 spiro atoms. The van der Waals surface area contributed by atoms with E-state index < -0.39 is 0 Å². The quantitative estimate of drug-likeness (QED) is 0.778. The number of ketones is 1. The summed E-state index contributed by atoms with van der Waals surface area (Å²) in [5.74, 6) is 0.411. The molecule has 0 fully saturated rings. The van der Waals surface area contributed by atoms with Gasteiger partial charge in [0.2, 0.25) is 0 Å². The van der Waals surface area contributed by atoms with E-state index in [4.69, 9.17) is 4.74 Å². The molecule has 3 rings (SSSR count). The van der Waals surface area contributed by atoms with Crippen LogP contribution in [0, 0.1) is 19.7 Å². The molecule has 1 atom stereocenters. The van der Waals surface area contributed by atoms with Crippen LogP contribution in [0.2, 0.25) is 0 Å². The first-order valence-corrected chi connectivity index (χ1v) is 6.61. The van der Waals surface area contributed by atoms with Crippen LogP contribution < -0.4 is 4.74 Å². The molecule has 102 valence electrons. The molecular formula is C17H15FO2. The van der Waals surface area contributed by atoms with E-state index in [2.05, 4.69) is 0 Å². The molecule has 0 saturated carbocycles. The molecule has 1 unspecified atom stereocenters. The average Bonchev–Trinajstić information content (AvgIpc) is 2.39. The minimum atomic E-state index is -0.335. The summed E-state index contributed by atoms with van der Waals surface area (Å²) < 4.78 is 19.1. The smallest absolute Gasteiger partial charge is 0.170 e. The van der Waals surface area contributed by atoms with Crippen molar-refractivity contribution in [3.8, 4) is 5.75 Å². The number of benzene rings is 2. The number of rotatable bonds is 1. The first-order valence-electron chi connectivity index (χ1n) is 6.61. The van der Waals surface area contributed by atoms with E-state index in [9.17, 15) is 9.18 Å². The molecule has 0 aliphatic carbocycles. The van der Waals surface area contributed by atoms with Crippen LogP contribution in [0.1, 0.15) is 39.6 Å². The maximum Gasteiger partial charge on any atom is 0.170 e. The number of carbonyl (C=O) groups excluding carboxylic acids is 1. The SMILES string of the molecule is Cc1ccc2c(c1)C(=O)CC(c1ccc(F)cc1C)O2. The Labute approximate surface area is 117 Å². The second-order valence-corrected chi connectivity index (χ2v) is 5.23. The molecule has 1 aliphatic rings. The number of hydrogen-bond acceptors (Lipinski definition) is 2. The van der Waals surface area contributed by atoms with E-state index in [-0.39, 0.29) is 17.7 Å². The average molecular weight is 270 g/mol. The van der Waals surface area contributed by atoms with Crippen molar-refractivity contribution >= 4 is 5.78 Å². The number of Topliss-reactive ketones (excluding diaryl/α,β-unsaturated/α-hetero) is 1. The largest absolute Gasteiger partial charge is 0.484 e. The van der Waals surface area contributed by atoms with E-state index in [0.29, 0.717) is 17.7 Å². The molecule has 3 heteroatoms. The van der Waals surface area contributed by atoms with Crippen LogP contribution in [-0.4, -0.2) is 5.78 Å². The van der Waals surface area contributed by atoms with Crippen molar-refractivity contribution in [2.45, 2.75) is 26.4 Å². The molecule has 0 N–H and O–H groups in total. The second-order valence-electron chi connectivity index (χ2n) is 5.23. The van der Waals surface area contributed by atoms with Crippen LogP contribution >= 0.6 is 0 Å². The van der Waals surface area contributed by atoms with Crippen LogP contribution in [0.25, 0.3) is 0 Å². The monoisotopic (exact) mass is 270 g/mol. The molecule has 1 heterocycles. The molecule has 0 aromatic heterocycles. The molecule has 1 aliphatic heterocycles. The molecule has 2 aromatic carbocycles. The minimum Gasteiger partial charge on any atom is -0.484 e. The lowest BCUT2D eigenvalue weighted by molar-refractivity contribution is 0.0849. The standard InChI is InChI=1S/C17H15FO2/c1-10-3-6-16-14(7-10)15(19)9-17(20-16)13-5-4-12(18)8-11(13)2/h3-8,17H,9H2,1-2H3. The first-order chi connectivity index (χ1) is 9.54.